The van der Waals surface area contributed by atoms with Crippen LogP contribution < -0.4 is 10.0 Å². The van der Waals surface area contributed by atoms with Gasteiger partial charge in [-0.1, -0.05) is 18.5 Å². The van der Waals surface area contributed by atoms with E-state index in [1.807, 2.05) is 6.92 Å². The van der Waals surface area contributed by atoms with E-state index in [1.54, 1.807) is 20.8 Å². The summed E-state index contributed by atoms with van der Waals surface area (Å²) in [7, 11) is -3.89. The van der Waals surface area contributed by atoms with E-state index in [-0.39, 0.29) is 16.5 Å². The molecule has 1 aromatic carbocycles. The summed E-state index contributed by atoms with van der Waals surface area (Å²) in [6.45, 7) is 7.31. The smallest absolute Gasteiger partial charge is 0.407 e. The molecule has 6 nitrogen and oxygen atoms in total. The predicted octanol–water partition coefficient (Wildman–Crippen LogP) is 3.45. The number of benzene rings is 1. The number of sulfonamides is 1. The Morgan fingerprint density at radius 3 is 2.52 bits per heavy atom. The Balaban J connectivity index is 2.64. The first kappa shape index (κ1) is 21.7. The van der Waals surface area contributed by atoms with Gasteiger partial charge in [0.05, 0.1) is 5.02 Å². The Hall–Kier alpha value is -1.38. The first-order valence-corrected chi connectivity index (χ1v) is 9.75. The number of carbonyl (C=O) groups is 1. The summed E-state index contributed by atoms with van der Waals surface area (Å²) in [4.78, 5) is 11.4. The van der Waals surface area contributed by atoms with E-state index in [0.717, 1.165) is 18.2 Å². The van der Waals surface area contributed by atoms with E-state index >= 15 is 0 Å². The third-order valence-corrected chi connectivity index (χ3v) is 5.16. The van der Waals surface area contributed by atoms with E-state index in [0.29, 0.717) is 12.8 Å². The minimum Gasteiger partial charge on any atom is -0.444 e. The quantitative estimate of drug-likeness (QED) is 0.741. The molecule has 9 heteroatoms. The van der Waals surface area contributed by atoms with Crippen molar-refractivity contribution in [1.29, 1.82) is 0 Å². The van der Waals surface area contributed by atoms with Gasteiger partial charge in [-0.05, 0) is 51.8 Å². The van der Waals surface area contributed by atoms with Gasteiger partial charge >= 0.3 is 6.09 Å². The lowest BCUT2D eigenvalue weighted by Gasteiger charge is -2.21. The van der Waals surface area contributed by atoms with Crippen LogP contribution in [-0.4, -0.2) is 32.7 Å². The van der Waals surface area contributed by atoms with Gasteiger partial charge in [-0.25, -0.2) is 22.3 Å². The SMILES string of the molecule is CCC(CCNC(=O)OC(C)(C)C)NS(=O)(=O)c1ccc(F)cc1Cl. The molecular formula is C16H24ClFN2O4S. The van der Waals surface area contributed by atoms with Crippen molar-refractivity contribution in [3.8, 4) is 0 Å². The molecule has 1 rings (SSSR count). The largest absolute Gasteiger partial charge is 0.444 e. The molecule has 0 heterocycles. The van der Waals surface area contributed by atoms with Gasteiger partial charge in [-0.2, -0.15) is 0 Å². The number of nitrogens with one attached hydrogen (secondary N) is 2. The van der Waals surface area contributed by atoms with Crippen LogP contribution in [0.2, 0.25) is 5.02 Å². The molecular weight excluding hydrogens is 371 g/mol. The molecule has 1 atom stereocenters. The molecule has 0 radical (unpaired) electrons. The number of hydrogen-bond donors (Lipinski definition) is 2. The summed E-state index contributed by atoms with van der Waals surface area (Å²) in [6.07, 6.45) is 0.314. The average molecular weight is 395 g/mol. The van der Waals surface area contributed by atoms with Crippen molar-refractivity contribution in [2.24, 2.45) is 0 Å². The lowest BCUT2D eigenvalue weighted by atomic mass is 10.2. The van der Waals surface area contributed by atoms with Crippen LogP contribution in [0, 0.1) is 5.82 Å². The second-order valence-corrected chi connectivity index (χ2v) is 8.61. The molecule has 0 aliphatic rings. The first-order chi connectivity index (χ1) is 11.4. The second-order valence-electron chi connectivity index (χ2n) is 6.52. The average Bonchev–Trinajstić information content (AvgIpc) is 2.43. The molecule has 1 aromatic rings. The van der Waals surface area contributed by atoms with Gasteiger partial charge in [-0.15, -0.1) is 0 Å². The summed E-state index contributed by atoms with van der Waals surface area (Å²) in [5, 5.41) is 2.39. The van der Waals surface area contributed by atoms with E-state index in [4.69, 9.17) is 16.3 Å². The number of halogens is 2. The van der Waals surface area contributed by atoms with Crippen LogP contribution in [0.5, 0.6) is 0 Å². The number of alkyl carbamates (subject to hydrolysis) is 1. The minimum absolute atomic E-state index is 0.186. The van der Waals surface area contributed by atoms with Crippen molar-refractivity contribution in [2.75, 3.05) is 6.54 Å². The van der Waals surface area contributed by atoms with Crippen LogP contribution in [0.4, 0.5) is 9.18 Å². The minimum atomic E-state index is -3.89. The molecule has 1 unspecified atom stereocenters. The van der Waals surface area contributed by atoms with Gasteiger partial charge in [0.1, 0.15) is 16.3 Å². The zero-order valence-electron chi connectivity index (χ0n) is 14.7. The summed E-state index contributed by atoms with van der Waals surface area (Å²) >= 11 is 5.82. The Bertz CT molecular complexity index is 705. The summed E-state index contributed by atoms with van der Waals surface area (Å²) in [5.74, 6) is -0.613. The molecule has 0 bridgehead atoms. The molecule has 2 N–H and O–H groups in total. The monoisotopic (exact) mass is 394 g/mol. The lowest BCUT2D eigenvalue weighted by Crippen LogP contribution is -2.39. The maximum absolute atomic E-state index is 13.1. The Kier molecular flexibility index (Phi) is 7.64. The fourth-order valence-corrected chi connectivity index (χ4v) is 3.87. The van der Waals surface area contributed by atoms with Crippen LogP contribution in [0.1, 0.15) is 40.5 Å². The zero-order valence-corrected chi connectivity index (χ0v) is 16.3. The molecule has 0 aromatic heterocycles. The van der Waals surface area contributed by atoms with Crippen LogP contribution in [-0.2, 0) is 14.8 Å². The molecule has 0 fully saturated rings. The van der Waals surface area contributed by atoms with Crippen molar-refractivity contribution < 1.29 is 22.3 Å². The molecule has 0 saturated heterocycles. The zero-order chi connectivity index (χ0) is 19.3. The standard InChI is InChI=1S/C16H24ClFN2O4S/c1-5-12(8-9-19-15(21)24-16(2,3)4)20-25(22,23)14-7-6-11(18)10-13(14)17/h6-7,10,12,20H,5,8-9H2,1-4H3,(H,19,21). The molecule has 0 saturated carbocycles. The highest BCUT2D eigenvalue weighted by Gasteiger charge is 2.22. The van der Waals surface area contributed by atoms with Crippen LogP contribution in [0.3, 0.4) is 0 Å². The van der Waals surface area contributed by atoms with Crippen molar-refractivity contribution in [3.05, 3.63) is 29.0 Å². The predicted molar refractivity (Wildman–Crippen MR) is 94.7 cm³/mol. The lowest BCUT2D eigenvalue weighted by molar-refractivity contribution is 0.0526. The number of amides is 1. The van der Waals surface area contributed by atoms with E-state index in [9.17, 15) is 17.6 Å². The Morgan fingerprint density at radius 1 is 1.36 bits per heavy atom. The highest BCUT2D eigenvalue weighted by atomic mass is 35.5. The van der Waals surface area contributed by atoms with Gasteiger partial charge in [0.25, 0.3) is 0 Å². The first-order valence-electron chi connectivity index (χ1n) is 7.89. The number of carbonyl (C=O) groups excluding carboxylic acids is 1. The second kappa shape index (κ2) is 8.82. The molecule has 0 aliphatic carbocycles. The van der Waals surface area contributed by atoms with Crippen LogP contribution >= 0.6 is 11.6 Å². The fourth-order valence-electron chi connectivity index (χ4n) is 1.99. The van der Waals surface area contributed by atoms with E-state index in [1.165, 1.54) is 0 Å². The Labute approximate surface area is 153 Å². The van der Waals surface area contributed by atoms with Gasteiger partial charge in [-0.3, -0.25) is 0 Å². The number of hydrogen-bond acceptors (Lipinski definition) is 4. The number of rotatable bonds is 7. The third kappa shape index (κ3) is 7.58. The van der Waals surface area contributed by atoms with Crippen molar-refractivity contribution in [1.82, 2.24) is 10.0 Å². The maximum Gasteiger partial charge on any atom is 0.407 e. The van der Waals surface area contributed by atoms with Crippen LogP contribution in [0.15, 0.2) is 23.1 Å². The maximum atomic E-state index is 13.1. The summed E-state index contributed by atoms with van der Waals surface area (Å²) in [5.41, 5.74) is -0.602. The highest BCUT2D eigenvalue weighted by Crippen LogP contribution is 2.22. The van der Waals surface area contributed by atoms with Gasteiger partial charge in [0, 0.05) is 12.6 Å². The van der Waals surface area contributed by atoms with Gasteiger partial charge in [0.15, 0.2) is 0 Å². The number of ether oxygens (including phenoxy) is 1. The summed E-state index contributed by atoms with van der Waals surface area (Å²) in [6, 6.07) is 2.68. The molecule has 142 valence electrons. The highest BCUT2D eigenvalue weighted by molar-refractivity contribution is 7.89. The van der Waals surface area contributed by atoms with Crippen molar-refractivity contribution in [2.45, 2.75) is 57.1 Å². The topological polar surface area (TPSA) is 84.5 Å². The molecule has 25 heavy (non-hydrogen) atoms. The van der Waals surface area contributed by atoms with E-state index in [2.05, 4.69) is 10.0 Å². The third-order valence-electron chi connectivity index (χ3n) is 3.16. The van der Waals surface area contributed by atoms with E-state index < -0.39 is 33.6 Å². The summed E-state index contributed by atoms with van der Waals surface area (Å²) < 4.78 is 45.5. The Morgan fingerprint density at radius 2 is 2.00 bits per heavy atom. The molecule has 0 aliphatic heterocycles. The van der Waals surface area contributed by atoms with Gasteiger partial charge in [0.2, 0.25) is 10.0 Å². The van der Waals surface area contributed by atoms with Gasteiger partial charge < -0.3 is 10.1 Å². The normalized spacial score (nSPS) is 13.4. The fraction of sp³-hybridized carbons (Fsp3) is 0.562. The molecule has 0 spiro atoms. The molecule has 1 amide bonds. The van der Waals surface area contributed by atoms with Crippen molar-refractivity contribution in [3.63, 3.8) is 0 Å². The van der Waals surface area contributed by atoms with Crippen LogP contribution in [0.25, 0.3) is 0 Å². The van der Waals surface area contributed by atoms with Crippen molar-refractivity contribution >= 4 is 27.7 Å².